The summed E-state index contributed by atoms with van der Waals surface area (Å²) < 4.78 is 5.95. The molecule has 0 saturated carbocycles. The Morgan fingerprint density at radius 2 is 0.831 bits per heavy atom. The third-order valence-electron chi connectivity index (χ3n) is 13.0. The summed E-state index contributed by atoms with van der Waals surface area (Å²) in [6.07, 6.45) is 64.6. The smallest absolute Gasteiger partial charge is 0.306 e. The summed E-state index contributed by atoms with van der Waals surface area (Å²) in [6.45, 7) is 6.37. The van der Waals surface area contributed by atoms with Crippen LogP contribution in [0, 0.1) is 0 Å². The standard InChI is InChI=1S/C59H109NO5/c1-4-7-10-13-16-19-22-25-28-29-31-32-35-38-41-44-47-50-55(65-59(64)52-49-46-43-40-37-34-30-26-23-20-17-14-11-8-5-2)53-58(63)60-56(54-61)57(62)51-48-45-42-39-36-33-27-24-21-18-15-12-9-6-3/h8,11,14,17,20,23,26,30,55-57,61-62H,4-7,9-10,12-13,15-16,18-19,21-22,24-25,27-29,31-54H2,1-3H3,(H,60,63)/b11-8+,17-14+,23-20+,30-26-. The van der Waals surface area contributed by atoms with Crippen molar-refractivity contribution in [1.82, 2.24) is 5.32 Å². The molecule has 0 aliphatic rings. The number of aliphatic hydroxyl groups excluding tert-OH is 2. The third-order valence-corrected chi connectivity index (χ3v) is 13.0. The highest BCUT2D eigenvalue weighted by Crippen LogP contribution is 2.19. The molecule has 0 aromatic rings. The second kappa shape index (κ2) is 52.8. The van der Waals surface area contributed by atoms with Crippen molar-refractivity contribution in [2.75, 3.05) is 6.61 Å². The summed E-state index contributed by atoms with van der Waals surface area (Å²) in [7, 11) is 0. The van der Waals surface area contributed by atoms with Gasteiger partial charge >= 0.3 is 5.97 Å². The van der Waals surface area contributed by atoms with Gasteiger partial charge in [-0.3, -0.25) is 9.59 Å². The van der Waals surface area contributed by atoms with Gasteiger partial charge in [0.2, 0.25) is 5.91 Å². The lowest BCUT2D eigenvalue weighted by Gasteiger charge is -2.24. The van der Waals surface area contributed by atoms with Gasteiger partial charge in [-0.2, -0.15) is 0 Å². The van der Waals surface area contributed by atoms with Gasteiger partial charge in [0.1, 0.15) is 6.10 Å². The highest BCUT2D eigenvalue weighted by atomic mass is 16.5. The molecule has 0 radical (unpaired) electrons. The van der Waals surface area contributed by atoms with E-state index in [-0.39, 0.29) is 24.9 Å². The molecule has 3 atom stereocenters. The molecule has 6 nitrogen and oxygen atoms in total. The molecule has 65 heavy (non-hydrogen) atoms. The molecule has 0 heterocycles. The molecule has 380 valence electrons. The van der Waals surface area contributed by atoms with Crippen molar-refractivity contribution < 1.29 is 24.5 Å². The number of carbonyl (C=O) groups is 2. The number of esters is 1. The van der Waals surface area contributed by atoms with E-state index in [0.717, 1.165) is 77.0 Å². The van der Waals surface area contributed by atoms with Crippen molar-refractivity contribution in [3.05, 3.63) is 48.6 Å². The van der Waals surface area contributed by atoms with E-state index in [0.29, 0.717) is 19.3 Å². The molecule has 0 aliphatic heterocycles. The fourth-order valence-electron chi connectivity index (χ4n) is 8.74. The maximum absolute atomic E-state index is 13.3. The second-order valence-electron chi connectivity index (χ2n) is 19.4. The summed E-state index contributed by atoms with van der Waals surface area (Å²) in [5.41, 5.74) is 0. The van der Waals surface area contributed by atoms with E-state index in [9.17, 15) is 19.8 Å². The minimum absolute atomic E-state index is 0.0710. The molecule has 0 saturated heterocycles. The Bertz CT molecular complexity index is 1110. The van der Waals surface area contributed by atoms with Crippen LogP contribution in [0.2, 0.25) is 0 Å². The van der Waals surface area contributed by atoms with E-state index in [4.69, 9.17) is 4.74 Å². The minimum atomic E-state index is -0.791. The molecule has 3 N–H and O–H groups in total. The zero-order chi connectivity index (χ0) is 47.4. The van der Waals surface area contributed by atoms with Gasteiger partial charge in [0.15, 0.2) is 0 Å². The van der Waals surface area contributed by atoms with E-state index < -0.39 is 18.2 Å². The number of hydrogen-bond donors (Lipinski definition) is 3. The van der Waals surface area contributed by atoms with E-state index in [1.807, 2.05) is 18.2 Å². The Balaban J connectivity index is 4.58. The predicted octanol–water partition coefficient (Wildman–Crippen LogP) is 17.4. The van der Waals surface area contributed by atoms with Gasteiger partial charge in [-0.15, -0.1) is 0 Å². The van der Waals surface area contributed by atoms with E-state index in [1.165, 1.54) is 167 Å². The molecule has 0 aromatic heterocycles. The average Bonchev–Trinajstić information content (AvgIpc) is 3.30. The van der Waals surface area contributed by atoms with Crippen molar-refractivity contribution in [1.29, 1.82) is 0 Å². The SMILES string of the molecule is CC/C=C/C=C/C=C/C=C\CCCCCCCC(=O)OC(CCCCCCCCCCCCCCCCCCC)CC(=O)NC(CO)C(O)CCCCCCCCCCCCCCCC. The largest absolute Gasteiger partial charge is 0.462 e. The zero-order valence-corrected chi connectivity index (χ0v) is 43.4. The van der Waals surface area contributed by atoms with Crippen molar-refractivity contribution in [2.24, 2.45) is 0 Å². The lowest BCUT2D eigenvalue weighted by atomic mass is 10.0. The Morgan fingerprint density at radius 3 is 1.26 bits per heavy atom. The van der Waals surface area contributed by atoms with Gasteiger partial charge in [-0.1, -0.05) is 281 Å². The average molecular weight is 913 g/mol. The van der Waals surface area contributed by atoms with Gasteiger partial charge in [-0.25, -0.2) is 0 Å². The van der Waals surface area contributed by atoms with Crippen LogP contribution in [-0.4, -0.2) is 46.9 Å². The summed E-state index contributed by atoms with van der Waals surface area (Å²) in [5, 5.41) is 23.9. The topological polar surface area (TPSA) is 95.9 Å². The lowest BCUT2D eigenvalue weighted by molar-refractivity contribution is -0.151. The highest BCUT2D eigenvalue weighted by Gasteiger charge is 2.24. The van der Waals surface area contributed by atoms with Gasteiger partial charge in [0.25, 0.3) is 0 Å². The van der Waals surface area contributed by atoms with Crippen LogP contribution in [0.4, 0.5) is 0 Å². The summed E-state index contributed by atoms with van der Waals surface area (Å²) >= 11 is 0. The number of allylic oxidation sites excluding steroid dienone is 8. The summed E-state index contributed by atoms with van der Waals surface area (Å²) in [4.78, 5) is 26.3. The number of carbonyl (C=O) groups excluding carboxylic acids is 2. The van der Waals surface area contributed by atoms with Crippen molar-refractivity contribution in [2.45, 2.75) is 309 Å². The van der Waals surface area contributed by atoms with Gasteiger partial charge < -0.3 is 20.3 Å². The molecule has 1 amide bonds. The molecule has 3 unspecified atom stereocenters. The fraction of sp³-hybridized carbons (Fsp3) is 0.831. The third kappa shape index (κ3) is 48.1. The number of hydrogen-bond acceptors (Lipinski definition) is 5. The molecule has 0 spiro atoms. The van der Waals surface area contributed by atoms with Crippen molar-refractivity contribution in [3.8, 4) is 0 Å². The Kier molecular flexibility index (Phi) is 51.0. The Labute approximate surface area is 404 Å². The Hall–Kier alpha value is -2.18. The summed E-state index contributed by atoms with van der Waals surface area (Å²) in [5.74, 6) is -0.487. The monoisotopic (exact) mass is 912 g/mol. The van der Waals surface area contributed by atoms with Crippen LogP contribution in [0.3, 0.4) is 0 Å². The van der Waals surface area contributed by atoms with Crippen LogP contribution in [-0.2, 0) is 14.3 Å². The first-order chi connectivity index (χ1) is 32.0. The number of amides is 1. The van der Waals surface area contributed by atoms with Crippen molar-refractivity contribution >= 4 is 11.9 Å². The van der Waals surface area contributed by atoms with Crippen LogP contribution in [0.5, 0.6) is 0 Å². The number of ether oxygens (including phenoxy) is 1. The number of nitrogens with one attached hydrogen (secondary N) is 1. The fourth-order valence-corrected chi connectivity index (χ4v) is 8.74. The van der Waals surface area contributed by atoms with Crippen LogP contribution in [0.25, 0.3) is 0 Å². The van der Waals surface area contributed by atoms with Gasteiger partial charge in [0.05, 0.1) is 25.2 Å². The molecule has 0 bridgehead atoms. The summed E-state index contributed by atoms with van der Waals surface area (Å²) in [6, 6.07) is -0.705. The first-order valence-electron chi connectivity index (χ1n) is 28.4. The van der Waals surface area contributed by atoms with E-state index in [1.54, 1.807) is 0 Å². The molecule has 0 fully saturated rings. The molecule has 0 aromatic carbocycles. The quantitative estimate of drug-likeness (QED) is 0.0321. The van der Waals surface area contributed by atoms with E-state index >= 15 is 0 Å². The second-order valence-corrected chi connectivity index (χ2v) is 19.4. The Morgan fingerprint density at radius 1 is 0.462 bits per heavy atom. The molecule has 6 heteroatoms. The first-order valence-corrected chi connectivity index (χ1v) is 28.4. The maximum Gasteiger partial charge on any atom is 0.306 e. The minimum Gasteiger partial charge on any atom is -0.462 e. The van der Waals surface area contributed by atoms with Crippen LogP contribution in [0.1, 0.15) is 290 Å². The molecule has 0 rings (SSSR count). The molecular weight excluding hydrogens is 803 g/mol. The van der Waals surface area contributed by atoms with Crippen LogP contribution >= 0.6 is 0 Å². The van der Waals surface area contributed by atoms with E-state index in [2.05, 4.69) is 56.5 Å². The highest BCUT2D eigenvalue weighted by molar-refractivity contribution is 5.77. The number of rotatable bonds is 51. The van der Waals surface area contributed by atoms with Crippen LogP contribution in [0.15, 0.2) is 48.6 Å². The van der Waals surface area contributed by atoms with Crippen molar-refractivity contribution in [3.63, 3.8) is 0 Å². The predicted molar refractivity (Wildman–Crippen MR) is 282 cm³/mol. The normalized spacial score (nSPS) is 13.5. The molecule has 0 aliphatic carbocycles. The zero-order valence-electron chi connectivity index (χ0n) is 43.4. The lowest BCUT2D eigenvalue weighted by Crippen LogP contribution is -2.46. The van der Waals surface area contributed by atoms with Gasteiger partial charge in [0, 0.05) is 6.42 Å². The van der Waals surface area contributed by atoms with Gasteiger partial charge in [-0.05, 0) is 44.9 Å². The first kappa shape index (κ1) is 62.8. The maximum atomic E-state index is 13.3. The number of unbranched alkanes of at least 4 members (excludes halogenated alkanes) is 34. The number of aliphatic hydroxyl groups is 2. The molecular formula is C59H109NO5. The van der Waals surface area contributed by atoms with Crippen LogP contribution < -0.4 is 5.32 Å².